The lowest BCUT2D eigenvalue weighted by atomic mass is 10.1. The molecule has 1 aliphatic rings. The molecule has 4 nitrogen and oxygen atoms in total. The van der Waals surface area contributed by atoms with Crippen molar-refractivity contribution < 1.29 is 14.3 Å². The van der Waals surface area contributed by atoms with Crippen LogP contribution in [0.5, 0.6) is 0 Å². The summed E-state index contributed by atoms with van der Waals surface area (Å²) in [5.41, 5.74) is 6.64. The minimum absolute atomic E-state index is 0.182. The van der Waals surface area contributed by atoms with E-state index in [0.29, 0.717) is 5.56 Å². The summed E-state index contributed by atoms with van der Waals surface area (Å²) in [5, 5.41) is 0. The van der Waals surface area contributed by atoms with Crippen molar-refractivity contribution in [3.05, 3.63) is 35.4 Å². The molecule has 4 heteroatoms. The fraction of sp³-hybridized carbons (Fsp3) is 0.273. The van der Waals surface area contributed by atoms with Crippen LogP contribution in [-0.2, 0) is 9.53 Å². The lowest BCUT2D eigenvalue weighted by Crippen LogP contribution is -2.23. The number of ketones is 1. The third kappa shape index (κ3) is 1.89. The molecule has 1 aromatic carbocycles. The largest absolute Gasteiger partial charge is 0.367 e. The van der Waals surface area contributed by atoms with Crippen molar-refractivity contribution in [2.75, 3.05) is 0 Å². The number of amides is 1. The van der Waals surface area contributed by atoms with Crippen molar-refractivity contribution in [1.29, 1.82) is 0 Å². The van der Waals surface area contributed by atoms with Crippen LogP contribution >= 0.6 is 0 Å². The Kier molecular flexibility index (Phi) is 2.28. The topological polar surface area (TPSA) is 72.7 Å². The maximum atomic E-state index is 11.7. The average molecular weight is 205 g/mol. The second-order valence-electron chi connectivity index (χ2n) is 3.61. The predicted octanol–water partition coefficient (Wildman–Crippen LogP) is 0.430. The number of hydrogen-bond donors (Lipinski definition) is 1. The van der Waals surface area contributed by atoms with Gasteiger partial charge in [0.05, 0.1) is 0 Å². The fourth-order valence-corrected chi connectivity index (χ4v) is 1.41. The lowest BCUT2D eigenvalue weighted by Gasteiger charge is -1.97. The number of rotatable bonds is 3. The molecule has 78 valence electrons. The molecule has 0 unspecified atom stereocenters. The molecular formula is C11H11NO3. The first-order valence-electron chi connectivity index (χ1n) is 4.65. The number of carbonyl (C=O) groups is 2. The molecule has 0 spiro atoms. The summed E-state index contributed by atoms with van der Waals surface area (Å²) in [7, 11) is 0. The maximum Gasteiger partial charge on any atom is 0.249 e. The molecule has 0 aromatic heterocycles. The van der Waals surface area contributed by atoms with Crippen molar-refractivity contribution in [2.24, 2.45) is 5.73 Å². The van der Waals surface area contributed by atoms with Crippen LogP contribution in [-0.4, -0.2) is 23.9 Å². The number of Topliss-reactive ketones (excluding diaryl/α,β-unsaturated/α-hetero) is 1. The molecule has 1 aromatic rings. The van der Waals surface area contributed by atoms with E-state index < -0.39 is 18.1 Å². The second-order valence-corrected chi connectivity index (χ2v) is 3.61. The van der Waals surface area contributed by atoms with E-state index in [1.807, 2.05) is 19.1 Å². The van der Waals surface area contributed by atoms with Crippen molar-refractivity contribution in [3.8, 4) is 0 Å². The standard InChI is InChI=1S/C11H11NO3/c1-6-2-4-7(5-3-6)8(13)9-10(15-9)11(12)14/h2-5,9-10H,1H3,(H2,12,14)/t9-,10+/m1/s1. The van der Waals surface area contributed by atoms with E-state index in [2.05, 4.69) is 0 Å². The van der Waals surface area contributed by atoms with Crippen LogP contribution in [0.25, 0.3) is 0 Å². The zero-order chi connectivity index (χ0) is 11.0. The summed E-state index contributed by atoms with van der Waals surface area (Å²) in [6, 6.07) is 7.12. The SMILES string of the molecule is Cc1ccc(C(=O)[C@H]2O[C@@H]2C(N)=O)cc1. The quantitative estimate of drug-likeness (QED) is 0.574. The van der Waals surface area contributed by atoms with E-state index in [9.17, 15) is 9.59 Å². The average Bonchev–Trinajstić information content (AvgIpc) is 2.97. The maximum absolute atomic E-state index is 11.7. The van der Waals surface area contributed by atoms with Crippen LogP contribution in [0.3, 0.4) is 0 Å². The Morgan fingerprint density at radius 3 is 2.27 bits per heavy atom. The molecule has 1 amide bonds. The van der Waals surface area contributed by atoms with Crippen molar-refractivity contribution in [3.63, 3.8) is 0 Å². The molecular weight excluding hydrogens is 194 g/mol. The minimum atomic E-state index is -0.737. The van der Waals surface area contributed by atoms with Crippen LogP contribution in [0.4, 0.5) is 0 Å². The number of epoxide rings is 1. The van der Waals surface area contributed by atoms with E-state index in [1.165, 1.54) is 0 Å². The summed E-state index contributed by atoms with van der Waals surface area (Å²) in [6.45, 7) is 1.94. The van der Waals surface area contributed by atoms with Gasteiger partial charge in [0, 0.05) is 5.56 Å². The fourth-order valence-electron chi connectivity index (χ4n) is 1.41. The highest BCUT2D eigenvalue weighted by Gasteiger charge is 2.49. The number of hydrogen-bond acceptors (Lipinski definition) is 3. The van der Waals surface area contributed by atoms with Crippen molar-refractivity contribution in [2.45, 2.75) is 19.1 Å². The second kappa shape index (κ2) is 3.47. The minimum Gasteiger partial charge on any atom is -0.367 e. The smallest absolute Gasteiger partial charge is 0.249 e. The van der Waals surface area contributed by atoms with Crippen LogP contribution in [0.2, 0.25) is 0 Å². The first kappa shape index (κ1) is 9.86. The highest BCUT2D eigenvalue weighted by Crippen LogP contribution is 2.25. The summed E-state index contributed by atoms with van der Waals surface area (Å²) in [4.78, 5) is 22.4. The predicted molar refractivity (Wildman–Crippen MR) is 53.4 cm³/mol. The third-order valence-electron chi connectivity index (χ3n) is 2.37. The van der Waals surface area contributed by atoms with E-state index in [1.54, 1.807) is 12.1 Å². The van der Waals surface area contributed by atoms with Crippen LogP contribution in [0.15, 0.2) is 24.3 Å². The molecule has 2 atom stereocenters. The highest BCUT2D eigenvalue weighted by molar-refractivity contribution is 6.05. The Balaban J connectivity index is 2.10. The highest BCUT2D eigenvalue weighted by atomic mass is 16.6. The van der Waals surface area contributed by atoms with Gasteiger partial charge in [0.2, 0.25) is 5.91 Å². The van der Waals surface area contributed by atoms with Gasteiger partial charge in [0.1, 0.15) is 0 Å². The zero-order valence-corrected chi connectivity index (χ0v) is 8.27. The van der Waals surface area contributed by atoms with Gasteiger partial charge < -0.3 is 10.5 Å². The summed E-state index contributed by atoms with van der Waals surface area (Å²) in [6.07, 6.45) is -1.41. The van der Waals surface area contributed by atoms with Crippen molar-refractivity contribution >= 4 is 11.7 Å². The molecule has 0 bridgehead atoms. The van der Waals surface area contributed by atoms with E-state index in [4.69, 9.17) is 10.5 Å². The molecule has 2 N–H and O–H groups in total. The summed E-state index contributed by atoms with van der Waals surface area (Å²) < 4.78 is 4.90. The first-order valence-corrected chi connectivity index (χ1v) is 4.65. The van der Waals surface area contributed by atoms with Gasteiger partial charge in [-0.2, -0.15) is 0 Å². The number of aryl methyl sites for hydroxylation is 1. The number of primary amides is 1. The Labute approximate surface area is 87.0 Å². The van der Waals surface area contributed by atoms with E-state index in [0.717, 1.165) is 5.56 Å². The summed E-state index contributed by atoms with van der Waals surface area (Å²) >= 11 is 0. The summed E-state index contributed by atoms with van der Waals surface area (Å²) in [5.74, 6) is -0.765. The molecule has 0 saturated carbocycles. The molecule has 1 saturated heterocycles. The van der Waals surface area contributed by atoms with Gasteiger partial charge in [-0.25, -0.2) is 0 Å². The normalized spacial score (nSPS) is 23.5. The zero-order valence-electron chi connectivity index (χ0n) is 8.27. The molecule has 1 heterocycles. The van der Waals surface area contributed by atoms with Gasteiger partial charge in [0.25, 0.3) is 0 Å². The molecule has 2 rings (SSSR count). The van der Waals surface area contributed by atoms with Crippen molar-refractivity contribution in [1.82, 2.24) is 0 Å². The number of benzene rings is 1. The van der Waals surface area contributed by atoms with Gasteiger partial charge >= 0.3 is 0 Å². The number of ether oxygens (including phenoxy) is 1. The van der Waals surface area contributed by atoms with Gasteiger partial charge in [-0.05, 0) is 6.92 Å². The third-order valence-corrected chi connectivity index (χ3v) is 2.37. The van der Waals surface area contributed by atoms with Crippen LogP contribution in [0.1, 0.15) is 15.9 Å². The van der Waals surface area contributed by atoms with Gasteiger partial charge in [-0.15, -0.1) is 0 Å². The number of carbonyl (C=O) groups excluding carboxylic acids is 2. The monoisotopic (exact) mass is 205 g/mol. The van der Waals surface area contributed by atoms with Gasteiger partial charge in [0.15, 0.2) is 18.0 Å². The van der Waals surface area contributed by atoms with Crippen LogP contribution in [0, 0.1) is 6.92 Å². The molecule has 1 fully saturated rings. The Morgan fingerprint density at radius 1 is 1.20 bits per heavy atom. The Morgan fingerprint density at radius 2 is 1.80 bits per heavy atom. The van der Waals surface area contributed by atoms with Gasteiger partial charge in [-0.3, -0.25) is 9.59 Å². The van der Waals surface area contributed by atoms with E-state index in [-0.39, 0.29) is 5.78 Å². The van der Waals surface area contributed by atoms with Crippen LogP contribution < -0.4 is 5.73 Å². The molecule has 1 aliphatic heterocycles. The number of nitrogens with two attached hydrogens (primary N) is 1. The first-order chi connectivity index (χ1) is 7.09. The van der Waals surface area contributed by atoms with E-state index >= 15 is 0 Å². The Hall–Kier alpha value is -1.68. The van der Waals surface area contributed by atoms with Gasteiger partial charge in [-0.1, -0.05) is 29.8 Å². The molecule has 0 radical (unpaired) electrons. The molecule has 15 heavy (non-hydrogen) atoms. The lowest BCUT2D eigenvalue weighted by molar-refractivity contribution is -0.119. The Bertz CT molecular complexity index is 410. The molecule has 0 aliphatic carbocycles.